The van der Waals surface area contributed by atoms with Crippen LogP contribution in [-0.2, 0) is 0 Å². The maximum Gasteiger partial charge on any atom is 0.254 e. The minimum absolute atomic E-state index is 0.00566. The van der Waals surface area contributed by atoms with Crippen LogP contribution in [0.3, 0.4) is 0 Å². The van der Waals surface area contributed by atoms with E-state index in [9.17, 15) is 4.79 Å². The van der Waals surface area contributed by atoms with E-state index in [1.165, 1.54) is 11.0 Å². The lowest BCUT2D eigenvalue weighted by molar-refractivity contribution is 0.0573. The van der Waals surface area contributed by atoms with Gasteiger partial charge in [-0.15, -0.1) is 0 Å². The molecule has 3 heterocycles. The first-order valence-electron chi connectivity index (χ1n) is 7.51. The van der Waals surface area contributed by atoms with Crippen molar-refractivity contribution in [1.82, 2.24) is 24.6 Å². The van der Waals surface area contributed by atoms with Crippen LogP contribution in [0.4, 0.5) is 0 Å². The summed E-state index contributed by atoms with van der Waals surface area (Å²) in [5.41, 5.74) is 6.46. The number of piperidine rings is 1. The van der Waals surface area contributed by atoms with Crippen molar-refractivity contribution in [2.24, 2.45) is 11.7 Å². The standard InChI is InChI=1S/C15H20N6O/c1-11-3-5-20(13(6-11)8-16)15(22)12-2-4-18-14(7-12)21-10-17-9-19-21/h2,4,7,9-11,13H,3,5-6,8,16H2,1H3. The van der Waals surface area contributed by atoms with Crippen LogP contribution in [0.15, 0.2) is 31.0 Å². The first-order chi connectivity index (χ1) is 10.7. The molecular weight excluding hydrogens is 280 g/mol. The molecule has 7 heteroatoms. The highest BCUT2D eigenvalue weighted by Gasteiger charge is 2.29. The molecule has 0 bridgehead atoms. The highest BCUT2D eigenvalue weighted by molar-refractivity contribution is 5.94. The Morgan fingerprint density at radius 3 is 3.09 bits per heavy atom. The lowest BCUT2D eigenvalue weighted by Crippen LogP contribution is -2.49. The Morgan fingerprint density at radius 1 is 1.50 bits per heavy atom. The van der Waals surface area contributed by atoms with E-state index in [-0.39, 0.29) is 11.9 Å². The van der Waals surface area contributed by atoms with E-state index in [0.29, 0.717) is 23.8 Å². The van der Waals surface area contributed by atoms with Crippen LogP contribution < -0.4 is 5.73 Å². The molecular formula is C15H20N6O. The Balaban J connectivity index is 1.84. The van der Waals surface area contributed by atoms with Gasteiger partial charge in [-0.3, -0.25) is 4.79 Å². The Morgan fingerprint density at radius 2 is 2.36 bits per heavy atom. The third kappa shape index (κ3) is 2.85. The Bertz CT molecular complexity index is 641. The van der Waals surface area contributed by atoms with E-state index in [2.05, 4.69) is 22.0 Å². The molecule has 1 aliphatic heterocycles. The van der Waals surface area contributed by atoms with Crippen LogP contribution in [0, 0.1) is 5.92 Å². The molecule has 2 unspecified atom stereocenters. The van der Waals surface area contributed by atoms with E-state index in [4.69, 9.17) is 5.73 Å². The zero-order valence-electron chi connectivity index (χ0n) is 12.6. The summed E-state index contributed by atoms with van der Waals surface area (Å²) < 4.78 is 1.54. The number of amides is 1. The molecule has 116 valence electrons. The van der Waals surface area contributed by atoms with Gasteiger partial charge >= 0.3 is 0 Å². The zero-order valence-corrected chi connectivity index (χ0v) is 12.6. The summed E-state index contributed by atoms with van der Waals surface area (Å²) in [4.78, 5) is 22.8. The van der Waals surface area contributed by atoms with Gasteiger partial charge in [0.25, 0.3) is 5.91 Å². The van der Waals surface area contributed by atoms with Gasteiger partial charge in [-0.05, 0) is 30.9 Å². The molecule has 1 aliphatic rings. The maximum absolute atomic E-state index is 12.8. The molecule has 7 nitrogen and oxygen atoms in total. The van der Waals surface area contributed by atoms with Crippen LogP contribution >= 0.6 is 0 Å². The van der Waals surface area contributed by atoms with Crippen molar-refractivity contribution in [3.63, 3.8) is 0 Å². The van der Waals surface area contributed by atoms with Gasteiger partial charge in [0, 0.05) is 30.9 Å². The second-order valence-electron chi connectivity index (χ2n) is 5.76. The van der Waals surface area contributed by atoms with Crippen molar-refractivity contribution in [2.75, 3.05) is 13.1 Å². The van der Waals surface area contributed by atoms with Crippen LogP contribution in [0.1, 0.15) is 30.1 Å². The molecule has 0 saturated carbocycles. The van der Waals surface area contributed by atoms with E-state index in [1.807, 2.05) is 4.90 Å². The second kappa shape index (κ2) is 6.23. The summed E-state index contributed by atoms with van der Waals surface area (Å²) in [6, 6.07) is 3.58. The maximum atomic E-state index is 12.8. The normalized spacial score (nSPS) is 21.8. The quantitative estimate of drug-likeness (QED) is 0.908. The average Bonchev–Trinajstić information content (AvgIpc) is 3.08. The summed E-state index contributed by atoms with van der Waals surface area (Å²) in [5, 5.41) is 4.04. The molecule has 0 spiro atoms. The lowest BCUT2D eigenvalue weighted by Gasteiger charge is -2.38. The minimum atomic E-state index is 0.00566. The van der Waals surface area contributed by atoms with Gasteiger partial charge in [0.05, 0.1) is 0 Å². The lowest BCUT2D eigenvalue weighted by atomic mass is 9.92. The number of aromatic nitrogens is 4. The van der Waals surface area contributed by atoms with Gasteiger partial charge in [0.1, 0.15) is 12.7 Å². The number of rotatable bonds is 3. The number of nitrogens with zero attached hydrogens (tertiary/aromatic N) is 5. The van der Waals surface area contributed by atoms with Crippen LogP contribution in [0.5, 0.6) is 0 Å². The summed E-state index contributed by atoms with van der Waals surface area (Å²) in [5.74, 6) is 1.20. The van der Waals surface area contributed by atoms with Crippen molar-refractivity contribution in [3.05, 3.63) is 36.5 Å². The van der Waals surface area contributed by atoms with Crippen molar-refractivity contribution in [1.29, 1.82) is 0 Å². The highest BCUT2D eigenvalue weighted by Crippen LogP contribution is 2.23. The number of carbonyl (C=O) groups is 1. The summed E-state index contributed by atoms with van der Waals surface area (Å²) in [7, 11) is 0. The molecule has 3 rings (SSSR count). The van der Waals surface area contributed by atoms with Crippen molar-refractivity contribution < 1.29 is 4.79 Å². The van der Waals surface area contributed by atoms with Crippen LogP contribution in [0.2, 0.25) is 0 Å². The highest BCUT2D eigenvalue weighted by atomic mass is 16.2. The Kier molecular flexibility index (Phi) is 4.15. The molecule has 0 aliphatic carbocycles. The zero-order chi connectivity index (χ0) is 15.5. The molecule has 2 aromatic rings. The predicted octanol–water partition coefficient (Wildman–Crippen LogP) is 0.862. The molecule has 1 amide bonds. The topological polar surface area (TPSA) is 89.9 Å². The van der Waals surface area contributed by atoms with Crippen molar-refractivity contribution in [2.45, 2.75) is 25.8 Å². The summed E-state index contributed by atoms with van der Waals surface area (Å²) >= 11 is 0. The van der Waals surface area contributed by atoms with Crippen molar-refractivity contribution in [3.8, 4) is 5.82 Å². The van der Waals surface area contributed by atoms with E-state index in [0.717, 1.165) is 19.4 Å². The Hall–Kier alpha value is -2.28. The van der Waals surface area contributed by atoms with E-state index < -0.39 is 0 Å². The fourth-order valence-electron chi connectivity index (χ4n) is 2.91. The molecule has 2 atom stereocenters. The van der Waals surface area contributed by atoms with Crippen molar-refractivity contribution >= 4 is 5.91 Å². The third-order valence-electron chi connectivity index (χ3n) is 4.16. The number of hydrogen-bond donors (Lipinski definition) is 1. The first-order valence-corrected chi connectivity index (χ1v) is 7.51. The largest absolute Gasteiger partial charge is 0.334 e. The monoisotopic (exact) mass is 300 g/mol. The molecule has 0 aromatic carbocycles. The van der Waals surface area contributed by atoms with Gasteiger partial charge in [-0.25, -0.2) is 14.6 Å². The molecule has 2 aromatic heterocycles. The van der Waals surface area contributed by atoms with Gasteiger partial charge in [-0.1, -0.05) is 6.92 Å². The third-order valence-corrected chi connectivity index (χ3v) is 4.16. The number of pyridine rings is 1. The SMILES string of the molecule is CC1CCN(C(=O)c2ccnc(-n3cncn3)c2)C(CN)C1. The first kappa shape index (κ1) is 14.6. The number of carbonyl (C=O) groups excluding carboxylic acids is 1. The summed E-state index contributed by atoms with van der Waals surface area (Å²) in [6.07, 6.45) is 6.59. The fourth-order valence-corrected chi connectivity index (χ4v) is 2.91. The summed E-state index contributed by atoms with van der Waals surface area (Å²) in [6.45, 7) is 3.46. The number of hydrogen-bond acceptors (Lipinski definition) is 5. The predicted molar refractivity (Wildman–Crippen MR) is 81.4 cm³/mol. The van der Waals surface area contributed by atoms with Gasteiger partial charge < -0.3 is 10.6 Å². The fraction of sp³-hybridized carbons (Fsp3) is 0.467. The molecule has 0 radical (unpaired) electrons. The number of nitrogens with two attached hydrogens (primary N) is 1. The molecule has 1 fully saturated rings. The van der Waals surface area contributed by atoms with Gasteiger partial charge in [0.15, 0.2) is 5.82 Å². The molecule has 22 heavy (non-hydrogen) atoms. The van der Waals surface area contributed by atoms with Gasteiger partial charge in [-0.2, -0.15) is 5.10 Å². The smallest absolute Gasteiger partial charge is 0.254 e. The second-order valence-corrected chi connectivity index (χ2v) is 5.76. The van der Waals surface area contributed by atoms with E-state index in [1.54, 1.807) is 24.7 Å². The average molecular weight is 300 g/mol. The van der Waals surface area contributed by atoms with Crippen LogP contribution in [-0.4, -0.2) is 49.7 Å². The number of likely N-dealkylation sites (tertiary alicyclic amines) is 1. The van der Waals surface area contributed by atoms with Crippen LogP contribution in [0.25, 0.3) is 5.82 Å². The molecule has 1 saturated heterocycles. The van der Waals surface area contributed by atoms with Gasteiger partial charge in [0.2, 0.25) is 0 Å². The van der Waals surface area contributed by atoms with E-state index >= 15 is 0 Å². The minimum Gasteiger partial charge on any atom is -0.334 e. The molecule has 2 N–H and O–H groups in total. The Labute approximate surface area is 129 Å².